The van der Waals surface area contributed by atoms with Crippen molar-refractivity contribution in [2.45, 2.75) is 6.54 Å². The van der Waals surface area contributed by atoms with Crippen LogP contribution in [0.25, 0.3) is 11.1 Å². The maximum Gasteiger partial charge on any atom is 0.232 e. The molecule has 19 heavy (non-hydrogen) atoms. The van der Waals surface area contributed by atoms with Crippen LogP contribution in [0.2, 0.25) is 0 Å². The molecule has 1 fully saturated rings. The molecule has 1 aromatic heterocycles. The van der Waals surface area contributed by atoms with Crippen molar-refractivity contribution in [3.63, 3.8) is 0 Å². The molecule has 1 aliphatic rings. The van der Waals surface area contributed by atoms with E-state index in [9.17, 15) is 4.79 Å². The van der Waals surface area contributed by atoms with E-state index in [2.05, 4.69) is 10.3 Å². The minimum Gasteiger partial charge on any atom is -0.443 e. The smallest absolute Gasteiger partial charge is 0.232 e. The molecule has 1 aliphatic heterocycles. The highest BCUT2D eigenvalue weighted by atomic mass is 16.5. The number of benzene rings is 1. The third kappa shape index (κ3) is 2.09. The molecule has 0 saturated carbocycles. The Bertz CT molecular complexity index is 598. The standard InChI is InChI=1S/C13H15N3O3/c14-5-13(6-18-7-13)12(17)15-4-9-1-2-10-11(3-9)19-8-16-10/h1-3,8H,4-7,14H2,(H,15,17). The van der Waals surface area contributed by atoms with Crippen molar-refractivity contribution >= 4 is 17.0 Å². The first-order valence-electron chi connectivity index (χ1n) is 6.12. The first-order chi connectivity index (χ1) is 9.23. The Labute approximate surface area is 109 Å². The molecule has 0 spiro atoms. The quantitative estimate of drug-likeness (QED) is 0.832. The lowest BCUT2D eigenvalue weighted by atomic mass is 9.85. The summed E-state index contributed by atoms with van der Waals surface area (Å²) in [7, 11) is 0. The molecule has 100 valence electrons. The highest BCUT2D eigenvalue weighted by Crippen LogP contribution is 2.26. The highest BCUT2D eigenvalue weighted by Gasteiger charge is 2.44. The second-order valence-electron chi connectivity index (χ2n) is 4.81. The van der Waals surface area contributed by atoms with Gasteiger partial charge in [-0.3, -0.25) is 4.79 Å². The lowest BCUT2D eigenvalue weighted by molar-refractivity contribution is -0.159. The van der Waals surface area contributed by atoms with Crippen molar-refractivity contribution in [1.29, 1.82) is 0 Å². The van der Waals surface area contributed by atoms with Gasteiger partial charge in [0.15, 0.2) is 12.0 Å². The maximum absolute atomic E-state index is 12.1. The second-order valence-corrected chi connectivity index (χ2v) is 4.81. The number of nitrogens with two attached hydrogens (primary N) is 1. The van der Waals surface area contributed by atoms with E-state index in [0.717, 1.165) is 11.1 Å². The van der Waals surface area contributed by atoms with E-state index < -0.39 is 5.41 Å². The zero-order valence-corrected chi connectivity index (χ0v) is 10.4. The Morgan fingerprint density at radius 3 is 3.00 bits per heavy atom. The molecule has 0 atom stereocenters. The van der Waals surface area contributed by atoms with E-state index in [0.29, 0.717) is 31.9 Å². The fraction of sp³-hybridized carbons (Fsp3) is 0.385. The van der Waals surface area contributed by atoms with E-state index >= 15 is 0 Å². The average Bonchev–Trinajstić information content (AvgIpc) is 2.83. The minimum absolute atomic E-state index is 0.0566. The summed E-state index contributed by atoms with van der Waals surface area (Å²) in [5.41, 5.74) is 7.57. The first kappa shape index (κ1) is 12.1. The molecular weight excluding hydrogens is 246 g/mol. The lowest BCUT2D eigenvalue weighted by Gasteiger charge is -2.38. The highest BCUT2D eigenvalue weighted by molar-refractivity contribution is 5.84. The van der Waals surface area contributed by atoms with E-state index in [1.54, 1.807) is 0 Å². The van der Waals surface area contributed by atoms with Crippen LogP contribution >= 0.6 is 0 Å². The summed E-state index contributed by atoms with van der Waals surface area (Å²) < 4.78 is 10.3. The number of nitrogens with one attached hydrogen (secondary N) is 1. The Hall–Kier alpha value is -1.92. The summed E-state index contributed by atoms with van der Waals surface area (Å²) in [6.45, 7) is 1.55. The molecule has 0 unspecified atom stereocenters. The van der Waals surface area contributed by atoms with Crippen LogP contribution < -0.4 is 11.1 Å². The van der Waals surface area contributed by atoms with Crippen LogP contribution in [0.3, 0.4) is 0 Å². The summed E-state index contributed by atoms with van der Waals surface area (Å²) in [6.07, 6.45) is 1.40. The number of hydrogen-bond acceptors (Lipinski definition) is 5. The van der Waals surface area contributed by atoms with E-state index in [1.165, 1.54) is 6.39 Å². The monoisotopic (exact) mass is 261 g/mol. The molecule has 2 heterocycles. The third-order valence-electron chi connectivity index (χ3n) is 3.48. The normalized spacial score (nSPS) is 17.1. The van der Waals surface area contributed by atoms with Gasteiger partial charge in [-0.15, -0.1) is 0 Å². The molecule has 2 aromatic rings. The topological polar surface area (TPSA) is 90.4 Å². The minimum atomic E-state index is -0.545. The number of aromatic nitrogens is 1. The van der Waals surface area contributed by atoms with Crippen LogP contribution in [0.15, 0.2) is 29.0 Å². The maximum atomic E-state index is 12.1. The Morgan fingerprint density at radius 1 is 1.47 bits per heavy atom. The average molecular weight is 261 g/mol. The number of nitrogens with zero attached hydrogens (tertiary/aromatic N) is 1. The van der Waals surface area contributed by atoms with Gasteiger partial charge in [0.2, 0.25) is 5.91 Å². The van der Waals surface area contributed by atoms with E-state index in [4.69, 9.17) is 14.9 Å². The molecule has 3 N–H and O–H groups in total. The SMILES string of the molecule is NCC1(C(=O)NCc2ccc3ncoc3c2)COC1. The molecule has 1 amide bonds. The third-order valence-corrected chi connectivity index (χ3v) is 3.48. The number of carbonyl (C=O) groups is 1. The van der Waals surface area contributed by atoms with Crippen molar-refractivity contribution in [3.8, 4) is 0 Å². The van der Waals surface area contributed by atoms with Gasteiger partial charge in [-0.05, 0) is 17.7 Å². The Balaban J connectivity index is 1.66. The van der Waals surface area contributed by atoms with Crippen molar-refractivity contribution < 1.29 is 13.9 Å². The number of ether oxygens (including phenoxy) is 1. The molecule has 0 radical (unpaired) electrons. The number of oxazole rings is 1. The summed E-state index contributed by atoms with van der Waals surface area (Å²) in [5.74, 6) is -0.0566. The first-order valence-corrected chi connectivity index (χ1v) is 6.12. The van der Waals surface area contributed by atoms with Crippen LogP contribution in [0, 0.1) is 5.41 Å². The fourth-order valence-corrected chi connectivity index (χ4v) is 2.07. The lowest BCUT2D eigenvalue weighted by Crippen LogP contribution is -2.58. The van der Waals surface area contributed by atoms with E-state index in [-0.39, 0.29) is 5.91 Å². The van der Waals surface area contributed by atoms with Gasteiger partial charge in [-0.1, -0.05) is 6.07 Å². The molecule has 6 heteroatoms. The van der Waals surface area contributed by atoms with Gasteiger partial charge >= 0.3 is 0 Å². The molecule has 0 bridgehead atoms. The van der Waals surface area contributed by atoms with Crippen molar-refractivity contribution in [1.82, 2.24) is 10.3 Å². The van der Waals surface area contributed by atoms with E-state index in [1.807, 2.05) is 18.2 Å². The number of rotatable bonds is 4. The zero-order valence-electron chi connectivity index (χ0n) is 10.4. The van der Waals surface area contributed by atoms with Gasteiger partial charge in [0.05, 0.1) is 13.2 Å². The molecule has 6 nitrogen and oxygen atoms in total. The van der Waals surface area contributed by atoms with Crippen LogP contribution in [0.5, 0.6) is 0 Å². The van der Waals surface area contributed by atoms with Gasteiger partial charge in [-0.2, -0.15) is 0 Å². The Morgan fingerprint density at radius 2 is 2.32 bits per heavy atom. The summed E-state index contributed by atoms with van der Waals surface area (Å²) in [4.78, 5) is 16.1. The molecule has 1 saturated heterocycles. The van der Waals surface area contributed by atoms with Crippen molar-refractivity contribution in [2.75, 3.05) is 19.8 Å². The predicted octanol–water partition coefficient (Wildman–Crippen LogP) is 0.419. The van der Waals surface area contributed by atoms with Crippen molar-refractivity contribution in [3.05, 3.63) is 30.2 Å². The van der Waals surface area contributed by atoms with Crippen molar-refractivity contribution in [2.24, 2.45) is 11.1 Å². The number of amides is 1. The van der Waals surface area contributed by atoms with Crippen LogP contribution in [0.4, 0.5) is 0 Å². The van der Waals surface area contributed by atoms with Crippen LogP contribution in [0.1, 0.15) is 5.56 Å². The fourth-order valence-electron chi connectivity index (χ4n) is 2.07. The zero-order chi connectivity index (χ0) is 13.3. The van der Waals surface area contributed by atoms with Gasteiger partial charge < -0.3 is 20.2 Å². The van der Waals surface area contributed by atoms with Crippen LogP contribution in [-0.4, -0.2) is 30.6 Å². The second kappa shape index (κ2) is 4.64. The van der Waals surface area contributed by atoms with Gasteiger partial charge in [0.1, 0.15) is 10.9 Å². The largest absolute Gasteiger partial charge is 0.443 e. The molecule has 1 aromatic carbocycles. The predicted molar refractivity (Wildman–Crippen MR) is 68.2 cm³/mol. The molecule has 3 rings (SSSR count). The summed E-state index contributed by atoms with van der Waals surface area (Å²) >= 11 is 0. The van der Waals surface area contributed by atoms with Crippen LogP contribution in [-0.2, 0) is 16.1 Å². The number of carbonyl (C=O) groups excluding carboxylic acids is 1. The van der Waals surface area contributed by atoms with Gasteiger partial charge in [-0.25, -0.2) is 4.98 Å². The number of hydrogen-bond donors (Lipinski definition) is 2. The Kier molecular flexibility index (Phi) is 2.96. The van der Waals surface area contributed by atoms with Gasteiger partial charge in [0.25, 0.3) is 0 Å². The molecular formula is C13H15N3O3. The summed E-state index contributed by atoms with van der Waals surface area (Å²) in [5, 5.41) is 2.89. The van der Waals surface area contributed by atoms with Gasteiger partial charge in [0, 0.05) is 13.1 Å². The summed E-state index contributed by atoms with van der Waals surface area (Å²) in [6, 6.07) is 5.65. The molecule has 0 aliphatic carbocycles. The number of fused-ring (bicyclic) bond motifs is 1.